The van der Waals surface area contributed by atoms with Crippen LogP contribution in [-0.4, -0.2) is 26.3 Å². The van der Waals surface area contributed by atoms with E-state index in [1.54, 1.807) is 16.3 Å². The minimum atomic E-state index is -0.0461. The first-order chi connectivity index (χ1) is 13.1. The lowest BCUT2D eigenvalue weighted by molar-refractivity contribution is 0.102. The van der Waals surface area contributed by atoms with Crippen LogP contribution < -0.4 is 5.56 Å². The fraction of sp³-hybridized carbons (Fsp3) is 0.190. The van der Waals surface area contributed by atoms with Crippen molar-refractivity contribution in [3.8, 4) is 5.69 Å². The van der Waals surface area contributed by atoms with Crippen LogP contribution in [0.3, 0.4) is 0 Å². The van der Waals surface area contributed by atoms with E-state index in [9.17, 15) is 9.59 Å². The van der Waals surface area contributed by atoms with E-state index in [-0.39, 0.29) is 17.1 Å². The molecule has 4 rings (SSSR count). The first-order valence-electron chi connectivity index (χ1n) is 8.72. The molecule has 3 aromatic rings. The van der Waals surface area contributed by atoms with Gasteiger partial charge in [-0.3, -0.25) is 14.2 Å². The van der Waals surface area contributed by atoms with Crippen LogP contribution in [0.25, 0.3) is 5.69 Å². The van der Waals surface area contributed by atoms with Crippen molar-refractivity contribution in [2.75, 3.05) is 5.75 Å². The molecule has 136 valence electrons. The maximum Gasteiger partial charge on any atom is 0.272 e. The normalized spacial score (nSPS) is 15.5. The number of aromatic nitrogens is 2. The maximum absolute atomic E-state index is 13.1. The number of carbonyl (C=O) groups excluding carboxylic acids is 1. The summed E-state index contributed by atoms with van der Waals surface area (Å²) in [5, 5.41) is 0.916. The van der Waals surface area contributed by atoms with Crippen molar-refractivity contribution >= 4 is 29.3 Å². The fourth-order valence-corrected chi connectivity index (χ4v) is 5.06. The Morgan fingerprint density at radius 3 is 2.52 bits per heavy atom. The second-order valence-electron chi connectivity index (χ2n) is 6.36. The molecule has 27 heavy (non-hydrogen) atoms. The minimum absolute atomic E-state index is 0.0257. The Morgan fingerprint density at radius 1 is 1.15 bits per heavy atom. The van der Waals surface area contributed by atoms with E-state index < -0.39 is 0 Å². The highest BCUT2D eigenvalue weighted by Crippen LogP contribution is 2.34. The lowest BCUT2D eigenvalue weighted by Gasteiger charge is -2.13. The lowest BCUT2D eigenvalue weighted by atomic mass is 10.2. The number of para-hydroxylation sites is 1. The molecule has 0 unspecified atom stereocenters. The first kappa shape index (κ1) is 18.1. The van der Waals surface area contributed by atoms with Crippen molar-refractivity contribution in [1.82, 2.24) is 9.55 Å². The molecule has 0 bridgehead atoms. The average Bonchev–Trinajstić information content (AvgIpc) is 3.08. The molecule has 0 saturated heterocycles. The van der Waals surface area contributed by atoms with Gasteiger partial charge in [0, 0.05) is 17.2 Å². The van der Waals surface area contributed by atoms with Gasteiger partial charge in [-0.05, 0) is 12.1 Å². The number of thioether (sulfide) groups is 2. The molecule has 2 aromatic carbocycles. The van der Waals surface area contributed by atoms with Crippen LogP contribution in [0.2, 0.25) is 0 Å². The van der Waals surface area contributed by atoms with E-state index in [1.807, 2.05) is 60.7 Å². The van der Waals surface area contributed by atoms with Crippen molar-refractivity contribution in [3.05, 3.63) is 82.3 Å². The summed E-state index contributed by atoms with van der Waals surface area (Å²) in [6.45, 7) is 2.10. The summed E-state index contributed by atoms with van der Waals surface area (Å²) in [6, 6.07) is 18.7. The second-order valence-corrected chi connectivity index (χ2v) is 8.75. The van der Waals surface area contributed by atoms with Gasteiger partial charge < -0.3 is 0 Å². The van der Waals surface area contributed by atoms with Crippen molar-refractivity contribution in [2.45, 2.75) is 28.6 Å². The molecule has 1 atom stereocenters. The zero-order chi connectivity index (χ0) is 18.8. The standard InChI is InChI=1S/C21H18N2O2S2/c1-14-12-17-19(27-14)20(25)23(16-10-6-3-7-11-16)21(22-17)26-13-18(24)15-8-4-2-5-9-15/h2-11,14H,12-13H2,1H3/t14-/m1/s1. The Kier molecular flexibility index (Phi) is 5.18. The molecular formula is C21H18N2O2S2. The van der Waals surface area contributed by atoms with Gasteiger partial charge in [0.2, 0.25) is 0 Å². The molecule has 1 aliphatic rings. The predicted octanol–water partition coefficient (Wildman–Crippen LogP) is 4.24. The summed E-state index contributed by atoms with van der Waals surface area (Å²) in [7, 11) is 0. The van der Waals surface area contributed by atoms with Gasteiger partial charge in [-0.25, -0.2) is 4.98 Å². The summed E-state index contributed by atoms with van der Waals surface area (Å²) < 4.78 is 1.63. The van der Waals surface area contributed by atoms with Gasteiger partial charge in [-0.2, -0.15) is 0 Å². The zero-order valence-electron chi connectivity index (χ0n) is 14.8. The Bertz CT molecular complexity index is 1030. The Labute approximate surface area is 166 Å². The smallest absolute Gasteiger partial charge is 0.272 e. The summed E-state index contributed by atoms with van der Waals surface area (Å²) in [5.41, 5.74) is 2.24. The van der Waals surface area contributed by atoms with Crippen LogP contribution in [0.15, 0.2) is 75.5 Å². The molecule has 2 heterocycles. The molecule has 0 aliphatic carbocycles. The molecule has 0 radical (unpaired) electrons. The van der Waals surface area contributed by atoms with E-state index in [2.05, 4.69) is 6.92 Å². The van der Waals surface area contributed by atoms with E-state index in [1.165, 1.54) is 11.8 Å². The molecular weight excluding hydrogens is 376 g/mol. The van der Waals surface area contributed by atoms with E-state index in [0.29, 0.717) is 16.0 Å². The summed E-state index contributed by atoms with van der Waals surface area (Å²) in [5.74, 6) is 0.266. The highest BCUT2D eigenvalue weighted by Gasteiger charge is 2.27. The molecule has 0 amide bonds. The highest BCUT2D eigenvalue weighted by atomic mass is 32.2. The first-order valence-corrected chi connectivity index (χ1v) is 10.6. The molecule has 1 aliphatic heterocycles. The zero-order valence-corrected chi connectivity index (χ0v) is 16.4. The van der Waals surface area contributed by atoms with Gasteiger partial charge in [0.15, 0.2) is 10.9 Å². The number of benzene rings is 2. The van der Waals surface area contributed by atoms with E-state index in [4.69, 9.17) is 4.98 Å². The van der Waals surface area contributed by atoms with E-state index >= 15 is 0 Å². The van der Waals surface area contributed by atoms with Crippen molar-refractivity contribution in [1.29, 1.82) is 0 Å². The van der Waals surface area contributed by atoms with Crippen LogP contribution in [0, 0.1) is 0 Å². The van der Waals surface area contributed by atoms with Crippen LogP contribution in [-0.2, 0) is 6.42 Å². The Morgan fingerprint density at radius 2 is 1.81 bits per heavy atom. The molecule has 4 nitrogen and oxygen atoms in total. The van der Waals surface area contributed by atoms with Gasteiger partial charge in [0.1, 0.15) is 0 Å². The third-order valence-electron chi connectivity index (χ3n) is 4.32. The van der Waals surface area contributed by atoms with Crippen LogP contribution >= 0.6 is 23.5 Å². The molecule has 6 heteroatoms. The van der Waals surface area contributed by atoms with Crippen LogP contribution in [0.4, 0.5) is 0 Å². The van der Waals surface area contributed by atoms with Gasteiger partial charge >= 0.3 is 0 Å². The Balaban J connectivity index is 1.71. The number of hydrogen-bond donors (Lipinski definition) is 0. The van der Waals surface area contributed by atoms with Crippen molar-refractivity contribution < 1.29 is 4.79 Å². The number of ketones is 1. The quantitative estimate of drug-likeness (QED) is 0.368. The fourth-order valence-electron chi connectivity index (χ4n) is 3.04. The average molecular weight is 395 g/mol. The molecule has 0 saturated carbocycles. The van der Waals surface area contributed by atoms with Crippen molar-refractivity contribution in [3.63, 3.8) is 0 Å². The lowest BCUT2D eigenvalue weighted by Crippen LogP contribution is -2.24. The Hall–Kier alpha value is -2.31. The third kappa shape index (κ3) is 3.73. The second kappa shape index (κ2) is 7.74. The number of fused-ring (bicyclic) bond motifs is 1. The molecule has 1 aromatic heterocycles. The summed E-state index contributed by atoms with van der Waals surface area (Å²) in [4.78, 5) is 31.1. The van der Waals surface area contributed by atoms with Gasteiger partial charge in [0.25, 0.3) is 5.56 Å². The topological polar surface area (TPSA) is 52.0 Å². The van der Waals surface area contributed by atoms with Crippen LogP contribution in [0.1, 0.15) is 23.0 Å². The number of rotatable bonds is 5. The van der Waals surface area contributed by atoms with Crippen LogP contribution in [0.5, 0.6) is 0 Å². The van der Waals surface area contributed by atoms with Gasteiger partial charge in [-0.15, -0.1) is 11.8 Å². The molecule has 0 fully saturated rings. The SMILES string of the molecule is C[C@@H]1Cc2nc(SCC(=O)c3ccccc3)n(-c3ccccc3)c(=O)c2S1. The minimum Gasteiger partial charge on any atom is -0.293 e. The highest BCUT2D eigenvalue weighted by molar-refractivity contribution is 8.00. The monoisotopic (exact) mass is 394 g/mol. The number of hydrogen-bond acceptors (Lipinski definition) is 5. The van der Waals surface area contributed by atoms with Gasteiger partial charge in [-0.1, -0.05) is 67.2 Å². The number of nitrogens with zero attached hydrogens (tertiary/aromatic N) is 2. The molecule has 0 N–H and O–H groups in total. The predicted molar refractivity (Wildman–Crippen MR) is 110 cm³/mol. The maximum atomic E-state index is 13.1. The number of carbonyl (C=O) groups is 1. The summed E-state index contributed by atoms with van der Waals surface area (Å²) in [6.07, 6.45) is 0.783. The number of Topliss-reactive ketones (excluding diaryl/α,β-unsaturated/α-hetero) is 1. The summed E-state index contributed by atoms with van der Waals surface area (Å²) >= 11 is 2.90. The van der Waals surface area contributed by atoms with Crippen molar-refractivity contribution in [2.24, 2.45) is 0 Å². The van der Waals surface area contributed by atoms with Gasteiger partial charge in [0.05, 0.1) is 22.0 Å². The van der Waals surface area contributed by atoms with E-state index in [0.717, 1.165) is 22.7 Å². The third-order valence-corrected chi connectivity index (χ3v) is 6.48. The largest absolute Gasteiger partial charge is 0.293 e. The molecule has 0 spiro atoms.